The molecule has 0 aliphatic carbocycles. The van der Waals surface area contributed by atoms with Gasteiger partial charge < -0.3 is 24.4 Å². The second kappa shape index (κ2) is 10.5. The second-order valence-corrected chi connectivity index (χ2v) is 9.59. The lowest BCUT2D eigenvalue weighted by Crippen LogP contribution is -2.57. The second-order valence-electron chi connectivity index (χ2n) is 9.59. The van der Waals surface area contributed by atoms with Gasteiger partial charge in [-0.1, -0.05) is 49.8 Å². The Morgan fingerprint density at radius 1 is 1.34 bits per heavy atom. The number of ether oxygens (including phenoxy) is 2. The number of unbranched alkanes of at least 4 members (excludes halogenated alkanes) is 1. The Morgan fingerprint density at radius 2 is 2.09 bits per heavy atom. The fraction of sp³-hybridized carbons (Fsp3) is 0.593. The number of aliphatic hydroxyl groups is 1. The van der Waals surface area contributed by atoms with Gasteiger partial charge in [-0.25, -0.2) is 0 Å². The van der Waals surface area contributed by atoms with Crippen LogP contribution in [0.25, 0.3) is 0 Å². The molecule has 3 fully saturated rings. The van der Waals surface area contributed by atoms with E-state index >= 15 is 0 Å². The van der Waals surface area contributed by atoms with Crippen molar-refractivity contribution in [2.24, 2.45) is 11.8 Å². The smallest absolute Gasteiger partial charge is 0.312 e. The summed E-state index contributed by atoms with van der Waals surface area (Å²) in [4.78, 5) is 44.5. The number of hydrogen-bond acceptors (Lipinski definition) is 6. The summed E-state index contributed by atoms with van der Waals surface area (Å²) >= 11 is 0. The van der Waals surface area contributed by atoms with Gasteiger partial charge >= 0.3 is 5.97 Å². The molecule has 3 aliphatic rings. The van der Waals surface area contributed by atoms with Gasteiger partial charge in [0.15, 0.2) is 0 Å². The summed E-state index contributed by atoms with van der Waals surface area (Å²) in [6, 6.07) is 7.52. The van der Waals surface area contributed by atoms with Gasteiger partial charge in [0.2, 0.25) is 11.8 Å². The van der Waals surface area contributed by atoms with E-state index in [4.69, 9.17) is 9.47 Å². The van der Waals surface area contributed by atoms with E-state index in [1.54, 1.807) is 17.9 Å². The quantitative estimate of drug-likeness (QED) is 0.383. The lowest BCUT2D eigenvalue weighted by atomic mass is 9.70. The lowest BCUT2D eigenvalue weighted by Gasteiger charge is -2.39. The zero-order valence-corrected chi connectivity index (χ0v) is 20.6. The average molecular weight is 485 g/mol. The van der Waals surface area contributed by atoms with Gasteiger partial charge in [-0.2, -0.15) is 0 Å². The number of amides is 2. The fourth-order valence-corrected chi connectivity index (χ4v) is 6.21. The first-order valence-corrected chi connectivity index (χ1v) is 12.7. The predicted octanol–water partition coefficient (Wildman–Crippen LogP) is 2.47. The monoisotopic (exact) mass is 484 g/mol. The molecule has 8 heteroatoms. The van der Waals surface area contributed by atoms with Crippen LogP contribution < -0.4 is 0 Å². The van der Waals surface area contributed by atoms with E-state index in [-0.39, 0.29) is 25.0 Å². The van der Waals surface area contributed by atoms with Crippen molar-refractivity contribution in [1.29, 1.82) is 0 Å². The van der Waals surface area contributed by atoms with Gasteiger partial charge in [0.1, 0.15) is 11.6 Å². The molecule has 3 heterocycles. The first kappa shape index (κ1) is 25.4. The summed E-state index contributed by atoms with van der Waals surface area (Å²) in [5.74, 6) is -2.59. The van der Waals surface area contributed by atoms with E-state index in [1.807, 2.05) is 30.3 Å². The van der Waals surface area contributed by atoms with Crippen LogP contribution in [0.1, 0.15) is 51.1 Å². The van der Waals surface area contributed by atoms with Gasteiger partial charge in [-0.05, 0) is 31.7 Å². The molecule has 3 aliphatic heterocycles. The predicted molar refractivity (Wildman–Crippen MR) is 129 cm³/mol. The van der Waals surface area contributed by atoms with Crippen LogP contribution in [0, 0.1) is 11.8 Å². The lowest BCUT2D eigenvalue weighted by molar-refractivity contribution is -0.156. The molecule has 2 amide bonds. The Morgan fingerprint density at radius 3 is 2.71 bits per heavy atom. The maximum atomic E-state index is 14.2. The third-order valence-electron chi connectivity index (χ3n) is 7.67. The standard InChI is InChI=1S/C27H36N2O6/c1-4-7-16-28(15-5-2)25(32)23-27-14-13-20(35-27)21(26(33)34-6-3)22(27)24(31)29(23)19(17-30)18-11-9-8-10-12-18/h5,8-12,19-23,30H,2,4,6-7,13-17H2,1,3H3/t19-,20-,21+,22+,23?,27?/m1/s1. The molecule has 2 bridgehead atoms. The van der Waals surface area contributed by atoms with E-state index in [0.29, 0.717) is 25.9 Å². The van der Waals surface area contributed by atoms with Gasteiger partial charge in [0.05, 0.1) is 37.2 Å². The van der Waals surface area contributed by atoms with Gasteiger partial charge in [0, 0.05) is 13.1 Å². The number of hydrogen-bond donors (Lipinski definition) is 1. The molecular weight excluding hydrogens is 448 g/mol. The number of aliphatic hydroxyl groups excluding tert-OH is 1. The highest BCUT2D eigenvalue weighted by Crippen LogP contribution is 2.60. The largest absolute Gasteiger partial charge is 0.466 e. The SMILES string of the molecule is C=CCN(CCCC)C(=O)C1N([C@H](CO)c2ccccc2)C(=O)[C@@H]2[C@@H](C(=O)OCC)[C@H]3CCC12O3. The maximum absolute atomic E-state index is 14.2. The minimum Gasteiger partial charge on any atom is -0.466 e. The molecule has 1 aromatic carbocycles. The van der Waals surface area contributed by atoms with Crippen molar-refractivity contribution in [2.75, 3.05) is 26.3 Å². The molecular formula is C27H36N2O6. The molecule has 2 unspecified atom stereocenters. The normalized spacial score (nSPS) is 29.7. The molecule has 6 atom stereocenters. The minimum absolute atomic E-state index is 0.204. The Hall–Kier alpha value is -2.71. The third kappa shape index (κ3) is 4.16. The molecule has 0 aromatic heterocycles. The molecule has 3 saturated heterocycles. The van der Waals surface area contributed by atoms with Crippen molar-refractivity contribution < 1.29 is 29.0 Å². The van der Waals surface area contributed by atoms with E-state index in [9.17, 15) is 19.5 Å². The van der Waals surface area contributed by atoms with Crippen molar-refractivity contribution in [3.8, 4) is 0 Å². The van der Waals surface area contributed by atoms with Crippen LogP contribution in [0.4, 0.5) is 0 Å². The first-order valence-electron chi connectivity index (χ1n) is 12.7. The number of esters is 1. The van der Waals surface area contributed by atoms with Crippen LogP contribution in [0.15, 0.2) is 43.0 Å². The number of benzene rings is 1. The van der Waals surface area contributed by atoms with Gasteiger partial charge in [-0.15, -0.1) is 6.58 Å². The van der Waals surface area contributed by atoms with E-state index in [0.717, 1.165) is 18.4 Å². The van der Waals surface area contributed by atoms with Gasteiger partial charge in [-0.3, -0.25) is 14.4 Å². The third-order valence-corrected chi connectivity index (χ3v) is 7.67. The average Bonchev–Trinajstić information content (AvgIpc) is 3.50. The highest BCUT2D eigenvalue weighted by Gasteiger charge is 2.75. The van der Waals surface area contributed by atoms with Crippen LogP contribution >= 0.6 is 0 Å². The molecule has 190 valence electrons. The number of nitrogens with zero attached hydrogens (tertiary/aromatic N) is 2. The molecule has 1 aromatic rings. The van der Waals surface area contributed by atoms with Crippen molar-refractivity contribution in [2.45, 2.75) is 63.3 Å². The topological polar surface area (TPSA) is 96.4 Å². The van der Waals surface area contributed by atoms with E-state index < -0.39 is 41.6 Å². The summed E-state index contributed by atoms with van der Waals surface area (Å²) in [7, 11) is 0. The van der Waals surface area contributed by atoms with Crippen molar-refractivity contribution >= 4 is 17.8 Å². The minimum atomic E-state index is -1.12. The summed E-state index contributed by atoms with van der Waals surface area (Å²) in [6.45, 7) is 8.32. The van der Waals surface area contributed by atoms with Crippen LogP contribution in [-0.4, -0.2) is 76.7 Å². The van der Waals surface area contributed by atoms with Crippen molar-refractivity contribution in [1.82, 2.24) is 9.80 Å². The zero-order chi connectivity index (χ0) is 25.2. The van der Waals surface area contributed by atoms with E-state index in [2.05, 4.69) is 13.5 Å². The number of carbonyl (C=O) groups excluding carboxylic acids is 3. The molecule has 0 saturated carbocycles. The van der Waals surface area contributed by atoms with Crippen LogP contribution in [-0.2, 0) is 23.9 Å². The van der Waals surface area contributed by atoms with Crippen molar-refractivity contribution in [3.05, 3.63) is 48.6 Å². The fourth-order valence-electron chi connectivity index (χ4n) is 6.21. The highest BCUT2D eigenvalue weighted by molar-refractivity contribution is 5.98. The Labute approximate surface area is 206 Å². The van der Waals surface area contributed by atoms with Crippen LogP contribution in [0.5, 0.6) is 0 Å². The van der Waals surface area contributed by atoms with Crippen molar-refractivity contribution in [3.63, 3.8) is 0 Å². The number of carbonyl (C=O) groups is 3. The first-order chi connectivity index (χ1) is 16.9. The maximum Gasteiger partial charge on any atom is 0.312 e. The summed E-state index contributed by atoms with van der Waals surface area (Å²) in [5, 5.41) is 10.5. The molecule has 1 N–H and O–H groups in total. The molecule has 0 radical (unpaired) electrons. The Bertz CT molecular complexity index is 952. The number of likely N-dealkylation sites (tertiary alicyclic amines) is 1. The molecule has 4 rings (SSSR count). The molecule has 1 spiro atoms. The summed E-state index contributed by atoms with van der Waals surface area (Å²) in [5.41, 5.74) is -0.395. The van der Waals surface area contributed by atoms with Crippen LogP contribution in [0.2, 0.25) is 0 Å². The zero-order valence-electron chi connectivity index (χ0n) is 20.6. The van der Waals surface area contributed by atoms with Crippen LogP contribution in [0.3, 0.4) is 0 Å². The molecule has 8 nitrogen and oxygen atoms in total. The summed E-state index contributed by atoms with van der Waals surface area (Å²) in [6.07, 6.45) is 4.03. The molecule has 35 heavy (non-hydrogen) atoms. The number of fused-ring (bicyclic) bond motifs is 1. The summed E-state index contributed by atoms with van der Waals surface area (Å²) < 4.78 is 11.8. The Balaban J connectivity index is 1.81. The highest BCUT2D eigenvalue weighted by atomic mass is 16.6. The van der Waals surface area contributed by atoms with Gasteiger partial charge in [0.25, 0.3) is 0 Å². The van der Waals surface area contributed by atoms with E-state index in [1.165, 1.54) is 4.90 Å². The Kier molecular flexibility index (Phi) is 7.62. The number of rotatable bonds is 11.